The maximum atomic E-state index is 15.8. The van der Waals surface area contributed by atoms with Gasteiger partial charge in [-0.1, -0.05) is 69.3 Å². The number of hydrogen-bond donors (Lipinski definition) is 2. The van der Waals surface area contributed by atoms with Crippen molar-refractivity contribution in [1.82, 2.24) is 0 Å². The van der Waals surface area contributed by atoms with Crippen molar-refractivity contribution in [2.75, 3.05) is 26.4 Å². The van der Waals surface area contributed by atoms with E-state index in [2.05, 4.69) is 44.3 Å². The zero-order chi connectivity index (χ0) is 38.3. The van der Waals surface area contributed by atoms with E-state index in [1.807, 2.05) is 12.1 Å². The van der Waals surface area contributed by atoms with E-state index in [9.17, 15) is 9.59 Å². The number of aliphatic hydroxyl groups is 2. The minimum Gasteiger partial charge on any atom is -0.462 e. The van der Waals surface area contributed by atoms with E-state index >= 15 is 13.2 Å². The smallest absolute Gasteiger partial charge is 0.335 e. The molecular formula is C44H53F3O6. The first-order valence-electron chi connectivity index (χ1n) is 18.8. The normalized spacial score (nSPS) is 15.7. The number of carbonyl (C=O) groups is 2. The number of carbonyl (C=O) groups excluding carboxylic acids is 2. The molecule has 3 aromatic rings. The molecule has 0 amide bonds. The molecule has 0 atom stereocenters. The summed E-state index contributed by atoms with van der Waals surface area (Å²) in [6.07, 6.45) is 8.48. The van der Waals surface area contributed by atoms with E-state index in [-0.39, 0.29) is 60.4 Å². The molecule has 9 heteroatoms. The average molecular weight is 735 g/mol. The number of ether oxygens (including phenoxy) is 2. The zero-order valence-corrected chi connectivity index (χ0v) is 30.8. The average Bonchev–Trinajstić information content (AvgIpc) is 3.17. The molecule has 1 saturated carbocycles. The lowest BCUT2D eigenvalue weighted by atomic mass is 9.75. The fraction of sp³-hybridized carbons (Fsp3) is 0.455. The molecule has 286 valence electrons. The summed E-state index contributed by atoms with van der Waals surface area (Å²) in [7, 11) is 0. The Hall–Kier alpha value is -4.21. The molecule has 0 aromatic heterocycles. The Morgan fingerprint density at radius 3 is 1.75 bits per heavy atom. The molecule has 6 nitrogen and oxygen atoms in total. The molecule has 0 radical (unpaired) electrons. The van der Waals surface area contributed by atoms with Gasteiger partial charge < -0.3 is 19.7 Å². The standard InChI is InChI=1S/C44H53F3O6/c1-4-5-6-9-31-12-14-32(15-13-31)36-20-21-38(39(45)24-36)34-18-16-33(17-19-34)37-25-40(46)42(41(47)26-37)35(10-7-22-52-43(50)29(2)27-48)11-8-23-53-44(51)30(3)28-49/h12-15,20-21,24-26,33-35,48-49H,2-11,16-19,22-23,27-28H2,1H3. The number of aliphatic hydroxyl groups excluding tert-OH is 2. The van der Waals surface area contributed by atoms with Gasteiger partial charge in [0, 0.05) is 5.56 Å². The van der Waals surface area contributed by atoms with Gasteiger partial charge in [0.2, 0.25) is 0 Å². The SMILES string of the molecule is C=C(CO)C(=O)OCCCC(CCCOC(=O)C(=C)CO)c1c(F)cc(C2CCC(c3ccc(-c4ccc(CCCCC)cc4)cc3F)CC2)cc1F. The molecule has 0 bridgehead atoms. The molecule has 53 heavy (non-hydrogen) atoms. The molecule has 1 aliphatic carbocycles. The zero-order valence-electron chi connectivity index (χ0n) is 30.8. The van der Waals surface area contributed by atoms with Gasteiger partial charge in [0.1, 0.15) is 17.5 Å². The van der Waals surface area contributed by atoms with Gasteiger partial charge in [-0.3, -0.25) is 0 Å². The van der Waals surface area contributed by atoms with Crippen LogP contribution in [0.3, 0.4) is 0 Å². The summed E-state index contributed by atoms with van der Waals surface area (Å²) in [6.45, 7) is 7.92. The van der Waals surface area contributed by atoms with Gasteiger partial charge in [-0.25, -0.2) is 22.8 Å². The van der Waals surface area contributed by atoms with Crippen LogP contribution in [-0.4, -0.2) is 48.6 Å². The van der Waals surface area contributed by atoms with Gasteiger partial charge in [0.15, 0.2) is 0 Å². The number of rotatable bonds is 20. The fourth-order valence-electron chi connectivity index (χ4n) is 7.20. The van der Waals surface area contributed by atoms with Crippen LogP contribution in [0.25, 0.3) is 11.1 Å². The Morgan fingerprint density at radius 2 is 1.25 bits per heavy atom. The second-order valence-electron chi connectivity index (χ2n) is 14.1. The molecular weight excluding hydrogens is 681 g/mol. The molecule has 0 unspecified atom stereocenters. The molecule has 0 spiro atoms. The quantitative estimate of drug-likeness (QED) is 0.0683. The Balaban J connectivity index is 1.39. The Labute approximate surface area is 311 Å². The van der Waals surface area contributed by atoms with Crippen molar-refractivity contribution in [2.45, 2.75) is 102 Å². The lowest BCUT2D eigenvalue weighted by Crippen LogP contribution is -2.15. The lowest BCUT2D eigenvalue weighted by molar-refractivity contribution is -0.140. The van der Waals surface area contributed by atoms with E-state index in [0.29, 0.717) is 49.7 Å². The third-order valence-electron chi connectivity index (χ3n) is 10.3. The van der Waals surface area contributed by atoms with Gasteiger partial charge in [0.25, 0.3) is 0 Å². The first-order chi connectivity index (χ1) is 25.6. The number of aryl methyl sites for hydroxylation is 1. The summed E-state index contributed by atoms with van der Waals surface area (Å²) in [4.78, 5) is 23.7. The maximum Gasteiger partial charge on any atom is 0.335 e. The van der Waals surface area contributed by atoms with Crippen molar-refractivity contribution < 1.29 is 42.4 Å². The highest BCUT2D eigenvalue weighted by Gasteiger charge is 2.28. The highest BCUT2D eigenvalue weighted by Crippen LogP contribution is 2.43. The van der Waals surface area contributed by atoms with Gasteiger partial charge in [-0.05, 0) is 128 Å². The Morgan fingerprint density at radius 1 is 0.717 bits per heavy atom. The van der Waals surface area contributed by atoms with E-state index in [4.69, 9.17) is 19.7 Å². The fourth-order valence-corrected chi connectivity index (χ4v) is 7.20. The van der Waals surface area contributed by atoms with Crippen molar-refractivity contribution in [2.24, 2.45) is 0 Å². The van der Waals surface area contributed by atoms with Crippen LogP contribution in [0.1, 0.15) is 118 Å². The van der Waals surface area contributed by atoms with Gasteiger partial charge >= 0.3 is 11.9 Å². The summed E-state index contributed by atoms with van der Waals surface area (Å²) >= 11 is 0. The summed E-state index contributed by atoms with van der Waals surface area (Å²) < 4.78 is 57.3. The second-order valence-corrected chi connectivity index (χ2v) is 14.1. The van der Waals surface area contributed by atoms with Crippen LogP contribution in [-0.2, 0) is 25.5 Å². The highest BCUT2D eigenvalue weighted by molar-refractivity contribution is 5.88. The number of esters is 2. The predicted octanol–water partition coefficient (Wildman–Crippen LogP) is 9.77. The van der Waals surface area contributed by atoms with Crippen molar-refractivity contribution >= 4 is 11.9 Å². The van der Waals surface area contributed by atoms with Crippen LogP contribution in [0, 0.1) is 17.5 Å². The van der Waals surface area contributed by atoms with E-state index < -0.39 is 42.7 Å². The minimum atomic E-state index is -0.741. The van der Waals surface area contributed by atoms with E-state index in [0.717, 1.165) is 24.0 Å². The predicted molar refractivity (Wildman–Crippen MR) is 201 cm³/mol. The second kappa shape index (κ2) is 20.9. The molecule has 0 aliphatic heterocycles. The van der Waals surface area contributed by atoms with Crippen LogP contribution in [0.2, 0.25) is 0 Å². The molecule has 0 heterocycles. The van der Waals surface area contributed by atoms with Crippen LogP contribution in [0.15, 0.2) is 78.9 Å². The Kier molecular flexibility index (Phi) is 16.4. The largest absolute Gasteiger partial charge is 0.462 e. The van der Waals surface area contributed by atoms with Crippen molar-refractivity contribution in [1.29, 1.82) is 0 Å². The number of unbranched alkanes of at least 4 members (excludes halogenated alkanes) is 2. The summed E-state index contributed by atoms with van der Waals surface area (Å²) in [5.41, 5.74) is 4.10. The third kappa shape index (κ3) is 11.9. The minimum absolute atomic E-state index is 0.0203. The first kappa shape index (κ1) is 41.5. The van der Waals surface area contributed by atoms with Crippen LogP contribution < -0.4 is 0 Å². The first-order valence-corrected chi connectivity index (χ1v) is 18.8. The maximum absolute atomic E-state index is 15.8. The number of hydrogen-bond acceptors (Lipinski definition) is 6. The van der Waals surface area contributed by atoms with E-state index in [1.165, 1.54) is 30.5 Å². The van der Waals surface area contributed by atoms with Crippen LogP contribution in [0.5, 0.6) is 0 Å². The van der Waals surface area contributed by atoms with Crippen molar-refractivity contribution in [3.05, 3.63) is 119 Å². The molecule has 3 aromatic carbocycles. The summed E-state index contributed by atoms with van der Waals surface area (Å²) in [5, 5.41) is 18.2. The summed E-state index contributed by atoms with van der Waals surface area (Å²) in [6, 6.07) is 16.6. The monoisotopic (exact) mass is 734 g/mol. The van der Waals surface area contributed by atoms with E-state index in [1.54, 1.807) is 6.07 Å². The third-order valence-corrected chi connectivity index (χ3v) is 10.3. The molecule has 4 rings (SSSR count). The molecule has 1 aliphatic rings. The van der Waals surface area contributed by atoms with Gasteiger partial charge in [-0.2, -0.15) is 0 Å². The van der Waals surface area contributed by atoms with Crippen LogP contribution in [0.4, 0.5) is 13.2 Å². The summed E-state index contributed by atoms with van der Waals surface area (Å²) in [5.74, 6) is -3.70. The van der Waals surface area contributed by atoms with Gasteiger partial charge in [-0.15, -0.1) is 0 Å². The lowest BCUT2D eigenvalue weighted by Gasteiger charge is -2.30. The van der Waals surface area contributed by atoms with Crippen LogP contribution >= 0.6 is 0 Å². The van der Waals surface area contributed by atoms with Gasteiger partial charge in [0.05, 0.1) is 37.6 Å². The van der Waals surface area contributed by atoms with Crippen molar-refractivity contribution in [3.63, 3.8) is 0 Å². The highest BCUT2D eigenvalue weighted by atomic mass is 19.1. The topological polar surface area (TPSA) is 93.1 Å². The number of halogens is 3. The number of benzene rings is 3. The van der Waals surface area contributed by atoms with Crippen molar-refractivity contribution in [3.8, 4) is 11.1 Å². The Bertz CT molecular complexity index is 1630. The molecule has 0 saturated heterocycles. The molecule has 2 N–H and O–H groups in total. The molecule has 1 fully saturated rings.